The van der Waals surface area contributed by atoms with Crippen molar-refractivity contribution in [2.24, 2.45) is 0 Å². The molecule has 2 fully saturated rings. The second-order valence-electron chi connectivity index (χ2n) is 21.6. The molecule has 4 atom stereocenters. The molecule has 0 radical (unpaired) electrons. The number of carbonyl (C=O) groups excluding carboxylic acids is 1. The number of nitrogens with one attached hydrogen (secondary N) is 3. The monoisotopic (exact) mass is 1190 g/mol. The fraction of sp³-hybridized carbons (Fsp3) is 0.375. The van der Waals surface area contributed by atoms with Crippen LogP contribution in [0.4, 0.5) is 43.0 Å². The number of carbonyl (C=O) groups is 1. The second-order valence-corrected chi connectivity index (χ2v) is 23.4. The van der Waals surface area contributed by atoms with Gasteiger partial charge in [-0.05, 0) is 117 Å². The summed E-state index contributed by atoms with van der Waals surface area (Å²) < 4.78 is 130. The van der Waals surface area contributed by atoms with Gasteiger partial charge in [0.15, 0.2) is 5.65 Å². The molecule has 28 heteroatoms. The lowest BCUT2D eigenvalue weighted by molar-refractivity contribution is -0.138. The van der Waals surface area contributed by atoms with Crippen LogP contribution in [0.25, 0.3) is 67.1 Å². The van der Waals surface area contributed by atoms with Gasteiger partial charge in [0.05, 0.1) is 68.9 Å². The normalized spacial score (nSPS) is 18.0. The first-order valence-corrected chi connectivity index (χ1v) is 28.0. The molecule has 0 bridgehead atoms. The van der Waals surface area contributed by atoms with E-state index in [0.717, 1.165) is 41.2 Å². The third-order valence-electron chi connectivity index (χ3n) is 14.1. The molecule has 1 saturated carbocycles. The molecule has 84 heavy (non-hydrogen) atoms. The van der Waals surface area contributed by atoms with Crippen molar-refractivity contribution in [1.29, 1.82) is 0 Å². The van der Waals surface area contributed by atoms with Crippen LogP contribution < -0.4 is 10.6 Å². The van der Waals surface area contributed by atoms with E-state index in [4.69, 9.17) is 13.8 Å². The Balaban J connectivity index is 0.000000201. The maximum atomic E-state index is 14.5. The van der Waals surface area contributed by atoms with Gasteiger partial charge in [0.2, 0.25) is 11.9 Å². The zero-order chi connectivity index (χ0) is 60.2. The number of aromatic nitrogens is 10. The number of aryl methyl sites for hydroxylation is 4. The number of pyridine rings is 2. The summed E-state index contributed by atoms with van der Waals surface area (Å²) in [7, 11) is -4.38. The summed E-state index contributed by atoms with van der Waals surface area (Å²) in [6.07, 6.45) is -4.70. The maximum Gasteiger partial charge on any atom is 0.419 e. The van der Waals surface area contributed by atoms with Crippen molar-refractivity contribution in [1.82, 2.24) is 54.1 Å². The first-order valence-electron chi connectivity index (χ1n) is 26.6. The molecule has 21 nitrogen and oxygen atoms in total. The zero-order valence-electron chi connectivity index (χ0n) is 46.3. The Bertz CT molecular complexity index is 3990. The van der Waals surface area contributed by atoms with Crippen molar-refractivity contribution in [2.45, 2.75) is 128 Å². The number of amides is 1. The zero-order valence-corrected chi connectivity index (χ0v) is 47.1. The minimum Gasteiger partial charge on any atom is -0.444 e. The number of aliphatic hydroxyl groups is 2. The van der Waals surface area contributed by atoms with Gasteiger partial charge < -0.3 is 44.5 Å². The predicted octanol–water partition coefficient (Wildman–Crippen LogP) is 10.8. The highest BCUT2D eigenvalue weighted by Gasteiger charge is 2.40. The first-order chi connectivity index (χ1) is 39.6. The molecule has 8 aromatic heterocycles. The topological polar surface area (TPSA) is 278 Å². The number of likely N-dealkylation sites (tertiary alicyclic amines) is 1. The van der Waals surface area contributed by atoms with E-state index >= 15 is 0 Å². The van der Waals surface area contributed by atoms with Crippen LogP contribution in [0.15, 0.2) is 93.3 Å². The molecule has 0 unspecified atom stereocenters. The Labute approximate surface area is 476 Å². The van der Waals surface area contributed by atoms with E-state index in [-0.39, 0.29) is 70.2 Å². The van der Waals surface area contributed by atoms with Crippen molar-refractivity contribution in [3.63, 3.8) is 0 Å². The number of hydrogen-bond donors (Lipinski definition) is 5. The first kappa shape index (κ1) is 58.7. The molecule has 2 aliphatic rings. The Hall–Kier alpha value is -8.50. The Morgan fingerprint density at radius 3 is 1.82 bits per heavy atom. The van der Waals surface area contributed by atoms with Gasteiger partial charge in [0.25, 0.3) is 10.0 Å². The third kappa shape index (κ3) is 12.3. The maximum absolute atomic E-state index is 14.5. The summed E-state index contributed by atoms with van der Waals surface area (Å²) in [4.78, 5) is 42.4. The quantitative estimate of drug-likeness (QED) is 0.0796. The summed E-state index contributed by atoms with van der Waals surface area (Å²) in [5, 5.41) is 34.9. The van der Waals surface area contributed by atoms with Gasteiger partial charge in [0.1, 0.15) is 33.9 Å². The van der Waals surface area contributed by atoms with E-state index in [2.05, 4.69) is 55.8 Å². The summed E-state index contributed by atoms with van der Waals surface area (Å²) in [5.41, 5.74) is -0.0715. The number of fused-ring (bicyclic) bond motifs is 2. The number of nitrogens with zero attached hydrogens (tertiary/aromatic N) is 10. The minimum atomic E-state index is -4.93. The predicted molar refractivity (Wildman–Crippen MR) is 295 cm³/mol. The van der Waals surface area contributed by atoms with Gasteiger partial charge in [-0.1, -0.05) is 28.5 Å². The standard InChI is InChI=1S/C33H34F3N7O6S.C23H23F3N6O2/c1-18-27(19(2)49-41-18)26-12-11-23-24(17-43(29(23)39-26)50(46,47)22-9-7-6-8-10-22)28-25(33(34,35)36)14-37-30(40-28)38-20-13-21(44)16-42(15-20)31(45)48-32(3,4)5;1-11-19(12(2)34-32-11)18-7-6-15-16(9-27-21(15)30-18)20-17(23(24,25)26)10-28-22(31-20)29-13-4-3-5-14(33)8-13/h6-12,14,17,20-21,44H,13,15-16H2,1-5H3,(H,37,38,40);6-7,9-10,13-14,33H,3-5,8H2,1-2H3,(H,27,30)(H,28,29,31)/t20-,21+;13-,14+/m01/s1. The number of anilines is 2. The molecule has 9 aromatic rings. The van der Waals surface area contributed by atoms with Crippen molar-refractivity contribution >= 4 is 50.1 Å². The van der Waals surface area contributed by atoms with Crippen molar-refractivity contribution in [3.05, 3.63) is 113 Å². The van der Waals surface area contributed by atoms with Crippen LogP contribution in [0.2, 0.25) is 0 Å². The summed E-state index contributed by atoms with van der Waals surface area (Å²) in [6, 6.07) is 13.1. The van der Waals surface area contributed by atoms with Crippen molar-refractivity contribution in [2.75, 3.05) is 23.7 Å². The molecule has 5 N–H and O–H groups in total. The molecule has 1 aliphatic heterocycles. The largest absolute Gasteiger partial charge is 0.444 e. The molecule has 1 aromatic carbocycles. The van der Waals surface area contributed by atoms with Gasteiger partial charge in [-0.25, -0.2) is 47.1 Å². The van der Waals surface area contributed by atoms with Crippen molar-refractivity contribution < 1.29 is 63.6 Å². The number of aromatic amines is 1. The van der Waals surface area contributed by atoms with Gasteiger partial charge in [-0.15, -0.1) is 0 Å². The summed E-state index contributed by atoms with van der Waals surface area (Å²) >= 11 is 0. The van der Waals surface area contributed by atoms with Gasteiger partial charge in [0, 0.05) is 65.3 Å². The fourth-order valence-corrected chi connectivity index (χ4v) is 11.7. The molecule has 1 aliphatic carbocycles. The van der Waals surface area contributed by atoms with Gasteiger partial charge >= 0.3 is 18.4 Å². The minimum absolute atomic E-state index is 0.00449. The van der Waals surface area contributed by atoms with E-state index in [1.807, 2.05) is 0 Å². The number of H-pyrrole nitrogens is 1. The second kappa shape index (κ2) is 22.6. The molecule has 9 heterocycles. The number of ether oxygens (including phenoxy) is 1. The fourth-order valence-electron chi connectivity index (χ4n) is 10.4. The number of piperidine rings is 1. The van der Waals surface area contributed by atoms with Crippen molar-refractivity contribution in [3.8, 4) is 45.0 Å². The van der Waals surface area contributed by atoms with Crippen LogP contribution in [-0.4, -0.2) is 122 Å². The van der Waals surface area contributed by atoms with Crippen LogP contribution in [0.3, 0.4) is 0 Å². The van der Waals surface area contributed by atoms with Crippen LogP contribution in [0, 0.1) is 27.7 Å². The number of β-amino-alcohol motifs (C(OH)–C–C–N with tert-alkyl or cyclic N) is 1. The highest BCUT2D eigenvalue weighted by Crippen LogP contribution is 2.43. The van der Waals surface area contributed by atoms with E-state index in [0.29, 0.717) is 63.5 Å². The summed E-state index contributed by atoms with van der Waals surface area (Å²) in [5.74, 6) is 0.887. The number of halogens is 6. The lowest BCUT2D eigenvalue weighted by atomic mass is 9.93. The van der Waals surface area contributed by atoms with Crippen LogP contribution in [0.1, 0.15) is 86.9 Å². The summed E-state index contributed by atoms with van der Waals surface area (Å²) in [6.45, 7) is 12.1. The number of benzene rings is 1. The third-order valence-corrected chi connectivity index (χ3v) is 15.8. The number of rotatable bonds is 10. The van der Waals surface area contributed by atoms with Crippen LogP contribution in [-0.2, 0) is 27.1 Å². The number of hydrogen-bond acceptors (Lipinski definition) is 18. The molecule has 1 amide bonds. The van der Waals surface area contributed by atoms with Crippen LogP contribution in [0.5, 0.6) is 0 Å². The van der Waals surface area contributed by atoms with Gasteiger partial charge in [-0.2, -0.15) is 26.3 Å². The lowest BCUT2D eigenvalue weighted by Crippen LogP contribution is -2.52. The average molecular weight is 1190 g/mol. The van der Waals surface area contributed by atoms with E-state index in [9.17, 15) is 49.8 Å². The number of aliphatic hydroxyl groups excluding tert-OH is 2. The molecule has 11 rings (SSSR count). The molecule has 442 valence electrons. The van der Waals surface area contributed by atoms with E-state index in [1.165, 1.54) is 41.4 Å². The molecule has 0 spiro atoms. The number of alkyl halides is 6. The molecule has 1 saturated heterocycles. The Morgan fingerprint density at radius 2 is 1.26 bits per heavy atom. The SMILES string of the molecule is Cc1noc(C)c1-c1ccc2c(-c3nc(N[C@@H]4CCC[C@H](O)C4)ncc3C(F)(F)F)c[nH]c2n1.Cc1noc(C)c1-c1ccc2c(-c3nc(N[C@H]4C[C@@H](O)CN(C(=O)OC(C)(C)C)C4)ncc3C(F)(F)F)cn(S(=O)(=O)c3ccccc3)c2n1. The Kier molecular flexibility index (Phi) is 15.8. The highest BCUT2D eigenvalue weighted by atomic mass is 32.2. The van der Waals surface area contributed by atoms with E-state index < -0.39 is 69.1 Å². The van der Waals surface area contributed by atoms with E-state index in [1.54, 1.807) is 72.7 Å². The molecular weight excluding hydrogens is 1130 g/mol. The highest BCUT2D eigenvalue weighted by molar-refractivity contribution is 7.90. The average Bonchev–Trinajstić information content (AvgIpc) is 2.66. The molecular formula is C56H57F6N13O8S. The lowest BCUT2D eigenvalue weighted by Gasteiger charge is -2.36. The smallest absolute Gasteiger partial charge is 0.419 e. The van der Waals surface area contributed by atoms with Gasteiger partial charge in [-0.3, -0.25) is 0 Å². The Morgan fingerprint density at radius 1 is 0.702 bits per heavy atom. The van der Waals surface area contributed by atoms with Crippen LogP contribution >= 0.6 is 0 Å².